The standard InChI is InChI=1S/C68H54N2/c1-3-18-52(53-20-7-4-8-21-53)28-17-48-69(66-29-15-26-61(49-66)55-24-11-6-12-25-55)63-42-36-59(37-43-63)56-32-34-57(35-33-56)60-40-46-65(47-41-60)70(64-44-38-58(39-45-64)54-22-9-5-10-23-54)67-30-16-27-62(50-67)68-31-14-13-19-51(68)2/h1,4-46,49-50,65H,47-48H2,2H3/b28-17-,52-18+. The van der Waals surface area contributed by atoms with Crippen molar-refractivity contribution in [1.29, 1.82) is 0 Å². The van der Waals surface area contributed by atoms with Gasteiger partial charge in [-0.3, -0.25) is 0 Å². The zero-order chi connectivity index (χ0) is 47.5. The van der Waals surface area contributed by atoms with Gasteiger partial charge in [-0.25, -0.2) is 0 Å². The van der Waals surface area contributed by atoms with Crippen LogP contribution < -0.4 is 9.80 Å². The lowest BCUT2D eigenvalue weighted by Gasteiger charge is -2.34. The highest BCUT2D eigenvalue weighted by atomic mass is 15.2. The predicted molar refractivity (Wildman–Crippen MR) is 299 cm³/mol. The third kappa shape index (κ3) is 10.3. The summed E-state index contributed by atoms with van der Waals surface area (Å²) in [6.07, 6.45) is 19.9. The first-order valence-electron chi connectivity index (χ1n) is 24.1. The fourth-order valence-electron chi connectivity index (χ4n) is 9.48. The van der Waals surface area contributed by atoms with E-state index < -0.39 is 0 Å². The predicted octanol–water partition coefficient (Wildman–Crippen LogP) is 17.6. The Morgan fingerprint density at radius 2 is 1.01 bits per heavy atom. The van der Waals surface area contributed by atoms with E-state index in [4.69, 9.17) is 6.42 Å². The minimum atomic E-state index is 0.137. The van der Waals surface area contributed by atoms with Crippen LogP contribution in [-0.4, -0.2) is 12.6 Å². The van der Waals surface area contributed by atoms with Crippen LogP contribution in [0.4, 0.5) is 22.7 Å². The number of aryl methyl sites for hydroxylation is 1. The quantitative estimate of drug-likeness (QED) is 0.0793. The van der Waals surface area contributed by atoms with E-state index in [-0.39, 0.29) is 6.04 Å². The summed E-state index contributed by atoms with van der Waals surface area (Å²) in [5, 5.41) is 0. The molecule has 0 fully saturated rings. The molecule has 336 valence electrons. The number of hydrogen-bond acceptors (Lipinski definition) is 2. The van der Waals surface area contributed by atoms with E-state index in [0.717, 1.165) is 34.6 Å². The molecule has 1 aliphatic rings. The fourth-order valence-corrected chi connectivity index (χ4v) is 9.48. The Hall–Kier alpha value is -8.90. The van der Waals surface area contributed by atoms with Gasteiger partial charge in [-0.15, -0.1) is 6.42 Å². The lowest BCUT2D eigenvalue weighted by Crippen LogP contribution is -2.30. The van der Waals surface area contributed by atoms with Gasteiger partial charge in [-0.05, 0) is 140 Å². The molecule has 0 aliphatic heterocycles. The SMILES string of the molecule is C#C/C=C(\C=C/CN(c1ccc(-c2ccc(C3=CCC(N(c4ccc(-c5ccccc5)cc4)c4cccc(-c5ccccc5C)c4)C=C3)cc2)cc1)c1cccc(-c2ccccc2)c1)c1ccccc1. The van der Waals surface area contributed by atoms with Gasteiger partial charge in [0.15, 0.2) is 0 Å². The van der Waals surface area contributed by atoms with Crippen LogP contribution in [0.15, 0.2) is 273 Å². The number of anilines is 4. The Kier molecular flexibility index (Phi) is 13.7. The summed E-state index contributed by atoms with van der Waals surface area (Å²) in [6.45, 7) is 2.84. The summed E-state index contributed by atoms with van der Waals surface area (Å²) in [6, 6.07) is 84.9. The largest absolute Gasteiger partial charge is 0.338 e. The molecule has 9 aromatic rings. The smallest absolute Gasteiger partial charge is 0.0560 e. The van der Waals surface area contributed by atoms with Crippen LogP contribution >= 0.6 is 0 Å². The first-order valence-corrected chi connectivity index (χ1v) is 24.1. The third-order valence-corrected chi connectivity index (χ3v) is 13.2. The number of benzene rings is 9. The minimum Gasteiger partial charge on any atom is -0.338 e. The van der Waals surface area contributed by atoms with Gasteiger partial charge in [0, 0.05) is 29.3 Å². The minimum absolute atomic E-state index is 0.137. The highest BCUT2D eigenvalue weighted by Crippen LogP contribution is 2.38. The molecule has 1 atom stereocenters. The Morgan fingerprint density at radius 1 is 0.500 bits per heavy atom. The number of allylic oxidation sites excluding steroid dienone is 5. The van der Waals surface area contributed by atoms with Crippen molar-refractivity contribution in [1.82, 2.24) is 0 Å². The van der Waals surface area contributed by atoms with Gasteiger partial charge in [-0.2, -0.15) is 0 Å². The van der Waals surface area contributed by atoms with Gasteiger partial charge in [0.25, 0.3) is 0 Å². The van der Waals surface area contributed by atoms with Crippen LogP contribution in [0.3, 0.4) is 0 Å². The van der Waals surface area contributed by atoms with Crippen LogP contribution in [0.5, 0.6) is 0 Å². The monoisotopic (exact) mass is 898 g/mol. The van der Waals surface area contributed by atoms with Crippen molar-refractivity contribution >= 4 is 33.9 Å². The molecule has 0 radical (unpaired) electrons. The van der Waals surface area contributed by atoms with E-state index in [0.29, 0.717) is 6.54 Å². The molecule has 70 heavy (non-hydrogen) atoms. The van der Waals surface area contributed by atoms with Gasteiger partial charge in [0.1, 0.15) is 0 Å². The van der Waals surface area contributed by atoms with Crippen LogP contribution in [0, 0.1) is 19.3 Å². The summed E-state index contributed by atoms with van der Waals surface area (Å²) < 4.78 is 0. The average molecular weight is 899 g/mol. The van der Waals surface area contributed by atoms with Crippen LogP contribution in [0.1, 0.15) is 23.1 Å². The van der Waals surface area contributed by atoms with Crippen LogP contribution in [0.2, 0.25) is 0 Å². The maximum Gasteiger partial charge on any atom is 0.0560 e. The zero-order valence-electron chi connectivity index (χ0n) is 39.4. The Balaban J connectivity index is 0.887. The third-order valence-electron chi connectivity index (χ3n) is 13.2. The van der Waals surface area contributed by atoms with Crippen molar-refractivity contribution in [2.45, 2.75) is 19.4 Å². The second-order valence-corrected chi connectivity index (χ2v) is 17.7. The lowest BCUT2D eigenvalue weighted by molar-refractivity contribution is 0.787. The van der Waals surface area contributed by atoms with Crippen molar-refractivity contribution in [3.8, 4) is 56.9 Å². The topological polar surface area (TPSA) is 6.48 Å². The number of hydrogen-bond donors (Lipinski definition) is 0. The van der Waals surface area contributed by atoms with Gasteiger partial charge in [-0.1, -0.05) is 224 Å². The molecule has 10 rings (SSSR count). The fraction of sp³-hybridized carbons (Fsp3) is 0.0588. The zero-order valence-corrected chi connectivity index (χ0v) is 39.4. The van der Waals surface area contributed by atoms with Gasteiger partial charge < -0.3 is 9.80 Å². The summed E-state index contributed by atoms with van der Waals surface area (Å²) in [5.41, 5.74) is 20.0. The van der Waals surface area contributed by atoms with E-state index in [1.165, 1.54) is 66.9 Å². The van der Waals surface area contributed by atoms with Crippen molar-refractivity contribution in [3.63, 3.8) is 0 Å². The van der Waals surface area contributed by atoms with Crippen molar-refractivity contribution in [2.75, 3.05) is 16.3 Å². The molecule has 2 nitrogen and oxygen atoms in total. The number of nitrogens with zero attached hydrogens (tertiary/aromatic N) is 2. The summed E-state index contributed by atoms with van der Waals surface area (Å²) in [5.74, 6) is 2.73. The maximum absolute atomic E-state index is 5.77. The van der Waals surface area contributed by atoms with Crippen molar-refractivity contribution in [3.05, 3.63) is 290 Å². The van der Waals surface area contributed by atoms with E-state index >= 15 is 0 Å². The van der Waals surface area contributed by atoms with Crippen molar-refractivity contribution in [2.24, 2.45) is 0 Å². The first-order chi connectivity index (χ1) is 34.6. The number of terminal acetylenes is 1. The molecule has 1 aliphatic carbocycles. The average Bonchev–Trinajstić information content (AvgIpc) is 3.43. The molecule has 0 spiro atoms. The van der Waals surface area contributed by atoms with Gasteiger partial charge >= 0.3 is 0 Å². The Bertz CT molecular complexity index is 3350. The summed E-state index contributed by atoms with van der Waals surface area (Å²) in [4.78, 5) is 4.84. The van der Waals surface area contributed by atoms with Gasteiger partial charge in [0.05, 0.1) is 6.04 Å². The van der Waals surface area contributed by atoms with Crippen molar-refractivity contribution < 1.29 is 0 Å². The lowest BCUT2D eigenvalue weighted by atomic mass is 9.93. The molecule has 0 aromatic heterocycles. The van der Waals surface area contributed by atoms with Gasteiger partial charge in [0.2, 0.25) is 0 Å². The van der Waals surface area contributed by atoms with Crippen LogP contribution in [0.25, 0.3) is 55.7 Å². The molecule has 2 heteroatoms. The highest BCUT2D eigenvalue weighted by molar-refractivity contribution is 5.82. The van der Waals surface area contributed by atoms with Crippen LogP contribution in [-0.2, 0) is 0 Å². The van der Waals surface area contributed by atoms with E-state index in [9.17, 15) is 0 Å². The molecule has 1 unspecified atom stereocenters. The summed E-state index contributed by atoms with van der Waals surface area (Å²) >= 11 is 0. The molecule has 0 saturated carbocycles. The molecule has 0 heterocycles. The molecular weight excluding hydrogens is 845 g/mol. The van der Waals surface area contributed by atoms with E-state index in [2.05, 4.69) is 271 Å². The molecule has 0 bridgehead atoms. The van der Waals surface area contributed by atoms with E-state index in [1.807, 2.05) is 24.3 Å². The molecular formula is C68H54N2. The molecule has 0 saturated heterocycles. The molecule has 0 amide bonds. The number of rotatable bonds is 14. The second-order valence-electron chi connectivity index (χ2n) is 17.7. The Labute approximate surface area is 414 Å². The first kappa shape index (κ1) is 44.9. The highest BCUT2D eigenvalue weighted by Gasteiger charge is 2.22. The van der Waals surface area contributed by atoms with E-state index in [1.54, 1.807) is 0 Å². The molecule has 0 N–H and O–H groups in total. The second kappa shape index (κ2) is 21.4. The summed E-state index contributed by atoms with van der Waals surface area (Å²) in [7, 11) is 0. The molecule has 9 aromatic carbocycles. The Morgan fingerprint density at radius 3 is 1.64 bits per heavy atom. The normalized spacial score (nSPS) is 13.4. The maximum atomic E-state index is 5.77.